The molecule has 10 heavy (non-hydrogen) atoms. The molecule has 0 N–H and O–H groups in total. The third-order valence-electron chi connectivity index (χ3n) is 1.57. The predicted molar refractivity (Wildman–Crippen MR) is 32.4 cm³/mol. The molecule has 1 atom stereocenters. The van der Waals surface area contributed by atoms with E-state index in [0.29, 0.717) is 11.3 Å². The number of hydrogen-bond donors (Lipinski definition) is 0. The van der Waals surface area contributed by atoms with Crippen LogP contribution in [-0.4, -0.2) is 6.10 Å². The molecule has 0 saturated carbocycles. The van der Waals surface area contributed by atoms with Crippen molar-refractivity contribution in [1.82, 2.24) is 0 Å². The molecule has 1 unspecified atom stereocenters. The van der Waals surface area contributed by atoms with E-state index < -0.39 is 0 Å². The van der Waals surface area contributed by atoms with Crippen molar-refractivity contribution in [3.8, 4) is 6.07 Å². The highest BCUT2D eigenvalue weighted by Crippen LogP contribution is 2.31. The Morgan fingerprint density at radius 3 is 3.10 bits per heavy atom. The lowest BCUT2D eigenvalue weighted by atomic mass is 10.0. The van der Waals surface area contributed by atoms with Gasteiger partial charge in [-0.3, -0.25) is 0 Å². The Labute approximate surface area is 58.1 Å². The first-order chi connectivity index (χ1) is 4.92. The highest BCUT2D eigenvalue weighted by atomic mass is 17.2. The summed E-state index contributed by atoms with van der Waals surface area (Å²) in [7, 11) is 0. The number of allylic oxidation sites excluding steroid dienone is 2. The van der Waals surface area contributed by atoms with Crippen molar-refractivity contribution in [3.63, 3.8) is 0 Å². The largest absolute Gasteiger partial charge is 0.337 e. The minimum absolute atomic E-state index is 0.0136. The SMILES string of the molecule is N#CC1=C2OOC2CC=C1. The summed E-state index contributed by atoms with van der Waals surface area (Å²) in [5.74, 6) is 0.685. The summed E-state index contributed by atoms with van der Waals surface area (Å²) in [6, 6.07) is 2.02. The molecule has 0 aromatic carbocycles. The van der Waals surface area contributed by atoms with E-state index in [9.17, 15) is 0 Å². The molecule has 3 heteroatoms. The smallest absolute Gasteiger partial charge is 0.193 e. The van der Waals surface area contributed by atoms with Gasteiger partial charge in [0.25, 0.3) is 0 Å². The molecule has 0 aromatic rings. The molecule has 2 aliphatic rings. The van der Waals surface area contributed by atoms with E-state index in [1.807, 2.05) is 12.1 Å². The van der Waals surface area contributed by atoms with Crippen LogP contribution in [0.15, 0.2) is 23.5 Å². The number of nitrogens with zero attached hydrogens (tertiary/aromatic N) is 1. The lowest BCUT2D eigenvalue weighted by molar-refractivity contribution is -0.377. The molecule has 3 nitrogen and oxygen atoms in total. The zero-order valence-electron chi connectivity index (χ0n) is 5.20. The van der Waals surface area contributed by atoms with Crippen molar-refractivity contribution >= 4 is 0 Å². The Morgan fingerprint density at radius 2 is 2.60 bits per heavy atom. The Kier molecular flexibility index (Phi) is 1.02. The van der Waals surface area contributed by atoms with Crippen LogP contribution in [0.25, 0.3) is 0 Å². The van der Waals surface area contributed by atoms with Crippen LogP contribution in [-0.2, 0) is 9.78 Å². The lowest BCUT2D eigenvalue weighted by Crippen LogP contribution is -2.30. The molecule has 2 rings (SSSR count). The number of nitriles is 1. The second-order valence-electron chi connectivity index (χ2n) is 2.20. The van der Waals surface area contributed by atoms with Gasteiger partial charge in [-0.25, -0.2) is 0 Å². The monoisotopic (exact) mass is 135 g/mol. The first-order valence-corrected chi connectivity index (χ1v) is 3.06. The van der Waals surface area contributed by atoms with Crippen LogP contribution in [0.2, 0.25) is 0 Å². The van der Waals surface area contributed by atoms with Gasteiger partial charge in [0.05, 0.1) is 5.57 Å². The van der Waals surface area contributed by atoms with Crippen LogP contribution < -0.4 is 0 Å². The average Bonchev–Trinajstić information content (AvgIpc) is 1.91. The van der Waals surface area contributed by atoms with Crippen LogP contribution in [0.4, 0.5) is 0 Å². The molecule has 0 radical (unpaired) electrons. The topological polar surface area (TPSA) is 42.2 Å². The van der Waals surface area contributed by atoms with E-state index in [2.05, 4.69) is 4.89 Å². The normalized spacial score (nSPS) is 28.1. The Bertz CT molecular complexity index is 259. The quantitative estimate of drug-likeness (QED) is 0.466. The molecule has 1 fully saturated rings. The molecule has 0 aromatic heterocycles. The van der Waals surface area contributed by atoms with Crippen LogP contribution in [0, 0.1) is 11.3 Å². The standard InChI is InChI=1S/C7H5NO2/c8-4-5-2-1-3-6-7(5)10-9-6/h1-2,6H,3H2. The maximum atomic E-state index is 8.52. The summed E-state index contributed by atoms with van der Waals surface area (Å²) >= 11 is 0. The summed E-state index contributed by atoms with van der Waals surface area (Å²) in [4.78, 5) is 9.35. The van der Waals surface area contributed by atoms with Gasteiger partial charge in [0.2, 0.25) is 0 Å². The molecule has 1 aliphatic carbocycles. The van der Waals surface area contributed by atoms with Gasteiger partial charge >= 0.3 is 0 Å². The van der Waals surface area contributed by atoms with Crippen molar-refractivity contribution in [1.29, 1.82) is 5.26 Å². The molecule has 1 heterocycles. The maximum Gasteiger partial charge on any atom is 0.193 e. The fourth-order valence-electron chi connectivity index (χ4n) is 1.01. The zero-order valence-corrected chi connectivity index (χ0v) is 5.20. The van der Waals surface area contributed by atoms with E-state index in [1.165, 1.54) is 0 Å². The zero-order chi connectivity index (χ0) is 6.97. The maximum absolute atomic E-state index is 8.52. The summed E-state index contributed by atoms with van der Waals surface area (Å²) < 4.78 is 0. The highest BCUT2D eigenvalue weighted by molar-refractivity contribution is 5.40. The second-order valence-corrected chi connectivity index (χ2v) is 2.20. The van der Waals surface area contributed by atoms with Gasteiger partial charge in [-0.15, -0.1) is 0 Å². The summed E-state index contributed by atoms with van der Waals surface area (Å²) in [5, 5.41) is 8.52. The van der Waals surface area contributed by atoms with Gasteiger partial charge in [0, 0.05) is 6.42 Å². The van der Waals surface area contributed by atoms with E-state index in [-0.39, 0.29) is 6.10 Å². The fourth-order valence-corrected chi connectivity index (χ4v) is 1.01. The average molecular weight is 135 g/mol. The first-order valence-electron chi connectivity index (χ1n) is 3.06. The molecule has 0 bridgehead atoms. The third-order valence-corrected chi connectivity index (χ3v) is 1.57. The van der Waals surface area contributed by atoms with Crippen LogP contribution >= 0.6 is 0 Å². The van der Waals surface area contributed by atoms with Gasteiger partial charge in [-0.1, -0.05) is 6.08 Å². The second kappa shape index (κ2) is 1.86. The van der Waals surface area contributed by atoms with Crippen molar-refractivity contribution < 1.29 is 9.78 Å². The molecule has 1 aliphatic heterocycles. The summed E-state index contributed by atoms with van der Waals surface area (Å²) in [6.07, 6.45) is 4.50. The molecule has 0 amide bonds. The van der Waals surface area contributed by atoms with Gasteiger partial charge in [0.15, 0.2) is 11.9 Å². The Morgan fingerprint density at radius 1 is 1.70 bits per heavy atom. The number of rotatable bonds is 0. The predicted octanol–water partition coefficient (Wildman–Crippen LogP) is 1.05. The van der Waals surface area contributed by atoms with E-state index in [0.717, 1.165) is 6.42 Å². The van der Waals surface area contributed by atoms with Gasteiger partial charge < -0.3 is 4.89 Å². The van der Waals surface area contributed by atoms with Crippen LogP contribution in [0.3, 0.4) is 0 Å². The molecule has 50 valence electrons. The third kappa shape index (κ3) is 0.568. The van der Waals surface area contributed by atoms with Gasteiger partial charge in [0.1, 0.15) is 6.07 Å². The lowest BCUT2D eigenvalue weighted by Gasteiger charge is -2.29. The minimum atomic E-state index is 0.0136. The van der Waals surface area contributed by atoms with Gasteiger partial charge in [-0.2, -0.15) is 10.1 Å². The Balaban J connectivity index is 2.36. The van der Waals surface area contributed by atoms with E-state index in [4.69, 9.17) is 10.1 Å². The molecule has 1 saturated heterocycles. The van der Waals surface area contributed by atoms with Gasteiger partial charge in [-0.05, 0) is 6.08 Å². The highest BCUT2D eigenvalue weighted by Gasteiger charge is 2.33. The molecule has 0 spiro atoms. The van der Waals surface area contributed by atoms with Crippen molar-refractivity contribution in [2.45, 2.75) is 12.5 Å². The molecular formula is C7H5NO2. The minimum Gasteiger partial charge on any atom is -0.337 e. The fraction of sp³-hybridized carbons (Fsp3) is 0.286. The summed E-state index contributed by atoms with van der Waals surface area (Å²) in [6.45, 7) is 0. The van der Waals surface area contributed by atoms with Crippen molar-refractivity contribution in [3.05, 3.63) is 23.5 Å². The van der Waals surface area contributed by atoms with E-state index in [1.54, 1.807) is 6.08 Å². The van der Waals surface area contributed by atoms with Crippen LogP contribution in [0.1, 0.15) is 6.42 Å². The van der Waals surface area contributed by atoms with Crippen molar-refractivity contribution in [2.75, 3.05) is 0 Å². The Hall–Kier alpha value is -1.27. The molecular weight excluding hydrogens is 130 g/mol. The number of hydrogen-bond acceptors (Lipinski definition) is 3. The first kappa shape index (κ1) is 5.51. The van der Waals surface area contributed by atoms with Crippen molar-refractivity contribution in [2.24, 2.45) is 0 Å². The van der Waals surface area contributed by atoms with Crippen LogP contribution in [0.5, 0.6) is 0 Å². The number of fused-ring (bicyclic) bond motifs is 1. The van der Waals surface area contributed by atoms with E-state index >= 15 is 0 Å². The summed E-state index contributed by atoms with van der Waals surface area (Å²) in [5.41, 5.74) is 0.586.